The van der Waals surface area contributed by atoms with E-state index in [1.165, 1.54) is 36.4 Å². The number of nitrogens with zero attached hydrogens (tertiary/aromatic N) is 2. The van der Waals surface area contributed by atoms with Gasteiger partial charge < -0.3 is 9.80 Å². The molecule has 4 nitrogen and oxygen atoms in total. The van der Waals surface area contributed by atoms with Crippen molar-refractivity contribution in [2.45, 2.75) is 31.8 Å². The number of halogens is 2. The van der Waals surface area contributed by atoms with Crippen LogP contribution in [0.5, 0.6) is 0 Å². The third kappa shape index (κ3) is 3.84. The molecule has 1 aliphatic carbocycles. The van der Waals surface area contributed by atoms with Crippen molar-refractivity contribution in [2.24, 2.45) is 0 Å². The molecule has 0 atom stereocenters. The molecule has 1 amide bonds. The third-order valence-corrected chi connectivity index (χ3v) is 5.13. The number of benzene rings is 2. The van der Waals surface area contributed by atoms with Crippen LogP contribution in [-0.4, -0.2) is 35.7 Å². The first kappa shape index (κ1) is 17.6. The molecule has 1 fully saturated rings. The molecule has 6 heteroatoms. The van der Waals surface area contributed by atoms with Crippen LogP contribution in [0.25, 0.3) is 0 Å². The van der Waals surface area contributed by atoms with Crippen molar-refractivity contribution in [1.82, 2.24) is 4.90 Å². The number of hydrogen-bond donors (Lipinski definition) is 0. The monoisotopic (exact) mass is 370 g/mol. The average Bonchev–Trinajstić information content (AvgIpc) is 3.47. The van der Waals surface area contributed by atoms with Gasteiger partial charge in [-0.3, -0.25) is 9.59 Å². The van der Waals surface area contributed by atoms with E-state index in [4.69, 9.17) is 0 Å². The number of fused-ring (bicyclic) bond motifs is 1. The predicted octanol–water partition coefficient (Wildman–Crippen LogP) is 3.55. The Kier molecular flexibility index (Phi) is 4.64. The zero-order chi connectivity index (χ0) is 19.0. The number of rotatable bonds is 4. The van der Waals surface area contributed by atoms with Gasteiger partial charge in [0.15, 0.2) is 5.78 Å². The molecule has 1 aliphatic heterocycles. The van der Waals surface area contributed by atoms with Gasteiger partial charge in [0.2, 0.25) is 5.91 Å². The number of amides is 1. The zero-order valence-electron chi connectivity index (χ0n) is 14.8. The van der Waals surface area contributed by atoms with Gasteiger partial charge in [0.1, 0.15) is 11.6 Å². The molecule has 0 N–H and O–H groups in total. The van der Waals surface area contributed by atoms with Crippen LogP contribution in [0.1, 0.15) is 35.2 Å². The highest BCUT2D eigenvalue weighted by Crippen LogP contribution is 2.33. The summed E-state index contributed by atoms with van der Waals surface area (Å²) in [6.45, 7) is 0.798. The number of ketones is 1. The topological polar surface area (TPSA) is 40.6 Å². The zero-order valence-corrected chi connectivity index (χ0v) is 14.8. The van der Waals surface area contributed by atoms with Gasteiger partial charge >= 0.3 is 0 Å². The van der Waals surface area contributed by atoms with Crippen molar-refractivity contribution in [3.8, 4) is 0 Å². The van der Waals surface area contributed by atoms with Crippen molar-refractivity contribution < 1.29 is 18.4 Å². The Bertz CT molecular complexity index is 878. The Labute approximate surface area is 156 Å². The van der Waals surface area contributed by atoms with E-state index in [1.54, 1.807) is 6.07 Å². The van der Waals surface area contributed by atoms with Crippen LogP contribution < -0.4 is 4.90 Å². The average molecular weight is 370 g/mol. The predicted molar refractivity (Wildman–Crippen MR) is 97.5 cm³/mol. The van der Waals surface area contributed by atoms with Crippen LogP contribution in [0.2, 0.25) is 0 Å². The molecular formula is C21H20F2N2O2. The van der Waals surface area contributed by atoms with Gasteiger partial charge in [0.25, 0.3) is 0 Å². The summed E-state index contributed by atoms with van der Waals surface area (Å²) in [6.07, 6.45) is 2.29. The minimum absolute atomic E-state index is 0.0339. The molecule has 2 aliphatic rings. The molecule has 2 aromatic rings. The van der Waals surface area contributed by atoms with E-state index in [0.29, 0.717) is 30.6 Å². The van der Waals surface area contributed by atoms with Crippen molar-refractivity contribution in [2.75, 3.05) is 18.0 Å². The van der Waals surface area contributed by atoms with Crippen LogP contribution in [0.3, 0.4) is 0 Å². The maximum absolute atomic E-state index is 13.8. The minimum Gasteiger partial charge on any atom is -0.363 e. The maximum atomic E-state index is 13.8. The third-order valence-electron chi connectivity index (χ3n) is 5.13. The number of Topliss-reactive ketones (excluding diaryl/α,β-unsaturated/α-hetero) is 1. The van der Waals surface area contributed by atoms with Gasteiger partial charge in [-0.05, 0) is 60.9 Å². The first-order chi connectivity index (χ1) is 13.0. The second-order valence-corrected chi connectivity index (χ2v) is 7.13. The minimum atomic E-state index is -0.399. The molecule has 140 valence electrons. The second kappa shape index (κ2) is 7.10. The lowest BCUT2D eigenvalue weighted by molar-refractivity contribution is -0.132. The Morgan fingerprint density at radius 2 is 1.74 bits per heavy atom. The van der Waals surface area contributed by atoms with Crippen LogP contribution >= 0.6 is 0 Å². The fourth-order valence-corrected chi connectivity index (χ4v) is 3.54. The van der Waals surface area contributed by atoms with Gasteiger partial charge in [0, 0.05) is 36.8 Å². The van der Waals surface area contributed by atoms with E-state index in [-0.39, 0.29) is 30.1 Å². The van der Waals surface area contributed by atoms with Crippen molar-refractivity contribution >= 4 is 17.4 Å². The summed E-state index contributed by atoms with van der Waals surface area (Å²) < 4.78 is 26.9. The molecule has 2 aromatic carbocycles. The lowest BCUT2D eigenvalue weighted by Gasteiger charge is -2.33. The number of anilines is 1. The highest BCUT2D eigenvalue weighted by Gasteiger charge is 2.34. The Morgan fingerprint density at radius 3 is 2.44 bits per heavy atom. The Hall–Kier alpha value is -2.76. The molecule has 0 bridgehead atoms. The highest BCUT2D eigenvalue weighted by molar-refractivity contribution is 5.99. The molecule has 1 heterocycles. The first-order valence-electron chi connectivity index (χ1n) is 9.13. The van der Waals surface area contributed by atoms with Crippen LogP contribution in [0.4, 0.5) is 14.5 Å². The Morgan fingerprint density at radius 1 is 1.04 bits per heavy atom. The molecule has 0 unspecified atom stereocenters. The van der Waals surface area contributed by atoms with E-state index in [0.717, 1.165) is 18.5 Å². The summed E-state index contributed by atoms with van der Waals surface area (Å²) in [7, 11) is 0. The van der Waals surface area contributed by atoms with E-state index >= 15 is 0 Å². The summed E-state index contributed by atoms with van der Waals surface area (Å²) in [5.74, 6) is -0.893. The van der Waals surface area contributed by atoms with Crippen LogP contribution in [-0.2, 0) is 11.3 Å². The second-order valence-electron chi connectivity index (χ2n) is 7.13. The molecule has 0 radical (unpaired) electrons. The van der Waals surface area contributed by atoms with Gasteiger partial charge in [-0.25, -0.2) is 8.78 Å². The molecule has 0 aromatic heterocycles. The maximum Gasteiger partial charge on any atom is 0.224 e. The lowest BCUT2D eigenvalue weighted by atomic mass is 10.1. The van der Waals surface area contributed by atoms with Gasteiger partial charge in [0.05, 0.1) is 6.54 Å². The summed E-state index contributed by atoms with van der Waals surface area (Å²) in [6, 6.07) is 10.1. The van der Waals surface area contributed by atoms with E-state index in [9.17, 15) is 18.4 Å². The summed E-state index contributed by atoms with van der Waals surface area (Å²) in [5, 5.41) is 0. The van der Waals surface area contributed by atoms with Gasteiger partial charge in [-0.1, -0.05) is 0 Å². The smallest absolute Gasteiger partial charge is 0.224 e. The number of carbonyl (C=O) groups excluding carboxylic acids is 2. The van der Waals surface area contributed by atoms with E-state index in [2.05, 4.69) is 0 Å². The van der Waals surface area contributed by atoms with Gasteiger partial charge in [-0.15, -0.1) is 0 Å². The fraction of sp³-hybridized carbons (Fsp3) is 0.333. The van der Waals surface area contributed by atoms with Crippen LogP contribution in [0, 0.1) is 11.6 Å². The van der Waals surface area contributed by atoms with Crippen LogP contribution in [0.15, 0.2) is 42.5 Å². The number of carbonyl (C=O) groups is 2. The molecule has 1 saturated carbocycles. The molecular weight excluding hydrogens is 350 g/mol. The molecule has 27 heavy (non-hydrogen) atoms. The van der Waals surface area contributed by atoms with E-state index < -0.39 is 5.82 Å². The molecule has 0 spiro atoms. The normalized spacial score (nSPS) is 17.3. The largest absolute Gasteiger partial charge is 0.363 e. The fourth-order valence-electron chi connectivity index (χ4n) is 3.54. The van der Waals surface area contributed by atoms with E-state index in [1.807, 2.05) is 9.80 Å². The summed E-state index contributed by atoms with van der Waals surface area (Å²) in [5.41, 5.74) is 1.89. The van der Waals surface area contributed by atoms with Crippen molar-refractivity contribution in [1.29, 1.82) is 0 Å². The first-order valence-corrected chi connectivity index (χ1v) is 9.13. The van der Waals surface area contributed by atoms with Crippen molar-refractivity contribution in [3.05, 3.63) is 65.2 Å². The molecule has 4 rings (SSSR count). The summed E-state index contributed by atoms with van der Waals surface area (Å²) in [4.78, 5) is 28.8. The SMILES string of the molecule is O=C(CN1CCC(=O)N(C2CC2)Cc2cc(F)ccc21)c1ccc(F)cc1. The quantitative estimate of drug-likeness (QED) is 0.773. The number of hydrogen-bond acceptors (Lipinski definition) is 3. The Balaban J connectivity index is 1.62. The molecule has 0 saturated heterocycles. The van der Waals surface area contributed by atoms with Gasteiger partial charge in [-0.2, -0.15) is 0 Å². The highest BCUT2D eigenvalue weighted by atomic mass is 19.1. The summed E-state index contributed by atoms with van der Waals surface area (Å²) >= 11 is 0. The standard InChI is InChI=1S/C21H20F2N2O2/c22-16-3-1-14(2-4-16)20(26)13-24-10-9-21(27)25(18-6-7-18)12-15-11-17(23)5-8-19(15)24/h1-5,8,11,18H,6-7,9-10,12-13H2. The lowest BCUT2D eigenvalue weighted by Crippen LogP contribution is -2.40. The van der Waals surface area contributed by atoms with Crippen molar-refractivity contribution in [3.63, 3.8) is 0 Å².